The number of methoxy groups -OCH3 is 1. The minimum absolute atomic E-state index is 0.224. The van der Waals surface area contributed by atoms with Crippen molar-refractivity contribution in [3.8, 4) is 5.75 Å². The van der Waals surface area contributed by atoms with Crippen molar-refractivity contribution in [2.45, 2.75) is 6.92 Å². The molecule has 0 radical (unpaired) electrons. The van der Waals surface area contributed by atoms with Gasteiger partial charge in [0, 0.05) is 34.1 Å². The highest BCUT2D eigenvalue weighted by Crippen LogP contribution is 2.30. The molecular weight excluding hydrogens is 406 g/mol. The molecule has 0 bridgehead atoms. The summed E-state index contributed by atoms with van der Waals surface area (Å²) in [4.78, 5) is 24.7. The van der Waals surface area contributed by atoms with E-state index in [1.165, 1.54) is 13.0 Å². The van der Waals surface area contributed by atoms with Crippen LogP contribution in [0.1, 0.15) is 17.3 Å². The lowest BCUT2D eigenvalue weighted by Crippen LogP contribution is -2.11. The lowest BCUT2D eigenvalue weighted by molar-refractivity contribution is -0.113. The van der Waals surface area contributed by atoms with Gasteiger partial charge in [-0.05, 0) is 29.7 Å². The van der Waals surface area contributed by atoms with Gasteiger partial charge in [-0.3, -0.25) is 9.59 Å². The Morgan fingerprint density at radius 1 is 1.00 bits per heavy atom. The predicted octanol–water partition coefficient (Wildman–Crippen LogP) is 5.38. The monoisotopic (exact) mass is 423 g/mol. The summed E-state index contributed by atoms with van der Waals surface area (Å²) in [6, 6.07) is 18.4. The fourth-order valence-corrected chi connectivity index (χ4v) is 3.21. The number of benzene rings is 3. The molecule has 0 fully saturated rings. The molecule has 0 atom stereocenters. The lowest BCUT2D eigenvalue weighted by atomic mass is 10.1. The topological polar surface area (TPSA) is 55.4 Å². The molecule has 0 saturated heterocycles. The number of ketones is 2. The summed E-state index contributed by atoms with van der Waals surface area (Å²) in [5.74, 6) is 0.0942. The summed E-state index contributed by atoms with van der Waals surface area (Å²) in [7, 11) is 1.54. The summed E-state index contributed by atoms with van der Waals surface area (Å²) >= 11 is 3.54. The van der Waals surface area contributed by atoms with E-state index in [9.17, 15) is 9.59 Å². The molecule has 0 saturated carbocycles. The Labute approximate surface area is 166 Å². The second-order valence-electron chi connectivity index (χ2n) is 5.98. The number of carbonyl (C=O) groups excluding carboxylic acids is 2. The Hall–Kier alpha value is -2.92. The molecule has 3 aromatic carbocycles. The van der Waals surface area contributed by atoms with Gasteiger partial charge < -0.3 is 10.1 Å². The van der Waals surface area contributed by atoms with Crippen LogP contribution in [0.5, 0.6) is 5.75 Å². The lowest BCUT2D eigenvalue weighted by Gasteiger charge is -2.12. The Balaban J connectivity index is 1.97. The smallest absolute Gasteiger partial charge is 0.188 e. The van der Waals surface area contributed by atoms with Gasteiger partial charge in [-0.2, -0.15) is 0 Å². The number of fused-ring (bicyclic) bond motifs is 1. The van der Waals surface area contributed by atoms with Crippen molar-refractivity contribution in [1.29, 1.82) is 0 Å². The summed E-state index contributed by atoms with van der Waals surface area (Å²) in [5.41, 5.74) is 1.44. The Morgan fingerprint density at radius 3 is 2.44 bits per heavy atom. The van der Waals surface area contributed by atoms with E-state index in [2.05, 4.69) is 21.2 Å². The van der Waals surface area contributed by atoms with Gasteiger partial charge in [0.15, 0.2) is 11.6 Å². The van der Waals surface area contributed by atoms with Crippen molar-refractivity contribution in [3.05, 3.63) is 82.5 Å². The van der Waals surface area contributed by atoms with E-state index in [0.717, 1.165) is 20.9 Å². The third-order valence-corrected chi connectivity index (χ3v) is 4.84. The first-order chi connectivity index (χ1) is 13.0. The van der Waals surface area contributed by atoms with Crippen LogP contribution in [0.4, 0.5) is 5.69 Å². The average Bonchev–Trinajstić information content (AvgIpc) is 2.69. The number of ether oxygens (including phenoxy) is 1. The molecule has 0 aliphatic carbocycles. The maximum atomic E-state index is 12.6. The zero-order valence-corrected chi connectivity index (χ0v) is 16.5. The first-order valence-electron chi connectivity index (χ1n) is 8.35. The Kier molecular flexibility index (Phi) is 5.72. The van der Waals surface area contributed by atoms with E-state index in [4.69, 9.17) is 4.74 Å². The zero-order chi connectivity index (χ0) is 19.4. The highest BCUT2D eigenvalue weighted by molar-refractivity contribution is 9.10. The molecule has 0 amide bonds. The highest BCUT2D eigenvalue weighted by Gasteiger charge is 2.12. The number of Topliss-reactive ketones (excluding diaryl/α,β-unsaturated/α-hetero) is 1. The molecule has 0 aromatic heterocycles. The number of carbonyl (C=O) groups is 2. The van der Waals surface area contributed by atoms with E-state index in [1.54, 1.807) is 31.4 Å². The molecule has 5 heteroatoms. The van der Waals surface area contributed by atoms with Crippen LogP contribution >= 0.6 is 15.9 Å². The molecule has 0 heterocycles. The van der Waals surface area contributed by atoms with E-state index in [1.807, 2.05) is 36.4 Å². The van der Waals surface area contributed by atoms with Crippen LogP contribution in [0.25, 0.3) is 10.8 Å². The molecule has 0 aliphatic rings. The predicted molar refractivity (Wildman–Crippen MR) is 111 cm³/mol. The number of hydrogen-bond acceptors (Lipinski definition) is 4. The van der Waals surface area contributed by atoms with Gasteiger partial charge >= 0.3 is 0 Å². The Morgan fingerprint density at radius 2 is 1.74 bits per heavy atom. The summed E-state index contributed by atoms with van der Waals surface area (Å²) in [6.07, 6.45) is 1.33. The standard InChI is InChI=1S/C22H18BrNO3/c1-14(25)21(13-22(26)15-6-5-7-16(12-15)27-2)24-20-11-10-19(23)17-8-3-4-9-18(17)20/h3-13,24H,1-2H3/b21-13-. The van der Waals surface area contributed by atoms with Gasteiger partial charge in [-0.1, -0.05) is 52.3 Å². The first kappa shape index (κ1) is 18.9. The van der Waals surface area contributed by atoms with Crippen molar-refractivity contribution < 1.29 is 14.3 Å². The van der Waals surface area contributed by atoms with Crippen LogP contribution in [0.2, 0.25) is 0 Å². The third-order valence-electron chi connectivity index (χ3n) is 4.15. The number of rotatable bonds is 6. The molecule has 27 heavy (non-hydrogen) atoms. The van der Waals surface area contributed by atoms with Crippen LogP contribution in [-0.2, 0) is 4.79 Å². The van der Waals surface area contributed by atoms with Crippen LogP contribution in [0, 0.1) is 0 Å². The summed E-state index contributed by atoms with van der Waals surface area (Å²) in [6.45, 7) is 1.43. The number of nitrogens with one attached hydrogen (secondary N) is 1. The Bertz CT molecular complexity index is 1060. The second-order valence-corrected chi connectivity index (χ2v) is 6.83. The van der Waals surface area contributed by atoms with Gasteiger partial charge in [0.05, 0.1) is 12.8 Å². The molecular formula is C22H18BrNO3. The summed E-state index contributed by atoms with van der Waals surface area (Å²) < 4.78 is 6.12. The van der Waals surface area contributed by atoms with Crippen molar-refractivity contribution in [2.24, 2.45) is 0 Å². The van der Waals surface area contributed by atoms with Gasteiger partial charge in [0.2, 0.25) is 0 Å². The highest BCUT2D eigenvalue weighted by atomic mass is 79.9. The number of allylic oxidation sites excluding steroid dienone is 2. The number of anilines is 1. The first-order valence-corrected chi connectivity index (χ1v) is 9.14. The van der Waals surface area contributed by atoms with Crippen molar-refractivity contribution in [2.75, 3.05) is 12.4 Å². The van der Waals surface area contributed by atoms with Crippen LogP contribution in [0.3, 0.4) is 0 Å². The third kappa shape index (κ3) is 4.26. The average molecular weight is 424 g/mol. The van der Waals surface area contributed by atoms with Crippen LogP contribution in [0.15, 0.2) is 76.9 Å². The van der Waals surface area contributed by atoms with Gasteiger partial charge in [-0.15, -0.1) is 0 Å². The van der Waals surface area contributed by atoms with Crippen LogP contribution in [-0.4, -0.2) is 18.7 Å². The van der Waals surface area contributed by atoms with E-state index in [-0.39, 0.29) is 17.3 Å². The SMILES string of the molecule is COc1cccc(C(=O)/C=C(\Nc2ccc(Br)c3ccccc23)C(C)=O)c1. The molecule has 3 aromatic rings. The maximum absolute atomic E-state index is 12.6. The molecule has 0 aliphatic heterocycles. The maximum Gasteiger partial charge on any atom is 0.188 e. The molecule has 136 valence electrons. The summed E-state index contributed by atoms with van der Waals surface area (Å²) in [5, 5.41) is 5.09. The molecule has 3 rings (SSSR count). The molecule has 1 N–H and O–H groups in total. The number of halogens is 1. The minimum Gasteiger partial charge on any atom is -0.497 e. The normalized spacial score (nSPS) is 11.3. The molecule has 0 spiro atoms. The molecule has 0 unspecified atom stereocenters. The van der Waals surface area contributed by atoms with Crippen LogP contribution < -0.4 is 10.1 Å². The quantitative estimate of drug-likeness (QED) is 0.427. The minimum atomic E-state index is -0.270. The van der Waals surface area contributed by atoms with Crippen molar-refractivity contribution in [1.82, 2.24) is 0 Å². The van der Waals surface area contributed by atoms with Gasteiger partial charge in [0.25, 0.3) is 0 Å². The number of hydrogen-bond donors (Lipinski definition) is 1. The fourth-order valence-electron chi connectivity index (χ4n) is 2.73. The molecule has 4 nitrogen and oxygen atoms in total. The van der Waals surface area contributed by atoms with E-state index < -0.39 is 0 Å². The zero-order valence-electron chi connectivity index (χ0n) is 15.0. The van der Waals surface area contributed by atoms with E-state index in [0.29, 0.717) is 11.3 Å². The largest absolute Gasteiger partial charge is 0.497 e. The van der Waals surface area contributed by atoms with Gasteiger partial charge in [-0.25, -0.2) is 0 Å². The second kappa shape index (κ2) is 8.18. The fraction of sp³-hybridized carbons (Fsp3) is 0.0909. The van der Waals surface area contributed by atoms with Crippen molar-refractivity contribution >= 4 is 44.0 Å². The van der Waals surface area contributed by atoms with Gasteiger partial charge in [0.1, 0.15) is 5.75 Å². The van der Waals surface area contributed by atoms with E-state index >= 15 is 0 Å². The van der Waals surface area contributed by atoms with Crippen molar-refractivity contribution in [3.63, 3.8) is 0 Å².